The molecule has 30 heavy (non-hydrogen) atoms. The molecule has 4 heterocycles. The molecule has 3 amide bonds. The van der Waals surface area contributed by atoms with Crippen LogP contribution in [0.2, 0.25) is 0 Å². The first-order valence-electron chi connectivity index (χ1n) is 10.8. The standard InChI is InChI=1S/C21H30N6O3/c1-15(28)25-8-4-17(5-9-25)20(29)26-10-12-27(13-11-26)21(30)19-14-18(23-24-19)16-2-6-22-7-3-16/h2-3,6-7,17-19,23-24H,4-5,8-14H2,1H3. The van der Waals surface area contributed by atoms with Gasteiger partial charge in [-0.2, -0.15) is 0 Å². The van der Waals surface area contributed by atoms with Gasteiger partial charge in [0, 0.05) is 70.5 Å². The molecule has 1 aromatic heterocycles. The van der Waals surface area contributed by atoms with Gasteiger partial charge >= 0.3 is 0 Å². The third-order valence-electron chi connectivity index (χ3n) is 6.50. The molecule has 1 aromatic rings. The summed E-state index contributed by atoms with van der Waals surface area (Å²) in [5.74, 6) is 0.323. The zero-order valence-corrected chi connectivity index (χ0v) is 17.4. The number of hydrazine groups is 1. The molecule has 0 saturated carbocycles. The van der Waals surface area contributed by atoms with Crippen molar-refractivity contribution in [3.63, 3.8) is 0 Å². The van der Waals surface area contributed by atoms with Crippen LogP contribution in [-0.4, -0.2) is 82.7 Å². The molecule has 3 fully saturated rings. The summed E-state index contributed by atoms with van der Waals surface area (Å²) >= 11 is 0. The van der Waals surface area contributed by atoms with Crippen LogP contribution in [0, 0.1) is 5.92 Å². The third kappa shape index (κ3) is 4.46. The van der Waals surface area contributed by atoms with Crippen LogP contribution in [0.4, 0.5) is 0 Å². The van der Waals surface area contributed by atoms with Crippen molar-refractivity contribution in [3.8, 4) is 0 Å². The molecule has 2 atom stereocenters. The van der Waals surface area contributed by atoms with Crippen LogP contribution in [0.1, 0.15) is 37.8 Å². The van der Waals surface area contributed by atoms with Gasteiger partial charge in [-0.15, -0.1) is 0 Å². The second kappa shape index (κ2) is 9.09. The Kier molecular flexibility index (Phi) is 6.29. The summed E-state index contributed by atoms with van der Waals surface area (Å²) < 4.78 is 0. The van der Waals surface area contributed by atoms with E-state index in [1.54, 1.807) is 19.3 Å². The minimum atomic E-state index is -0.263. The highest BCUT2D eigenvalue weighted by Crippen LogP contribution is 2.24. The van der Waals surface area contributed by atoms with Gasteiger partial charge in [0.2, 0.25) is 17.7 Å². The molecule has 0 aromatic carbocycles. The normalized spacial score (nSPS) is 25.4. The van der Waals surface area contributed by atoms with Crippen molar-refractivity contribution in [3.05, 3.63) is 30.1 Å². The second-order valence-electron chi connectivity index (χ2n) is 8.34. The number of amides is 3. The third-order valence-corrected chi connectivity index (χ3v) is 6.50. The van der Waals surface area contributed by atoms with Crippen molar-refractivity contribution in [1.29, 1.82) is 0 Å². The molecule has 3 saturated heterocycles. The summed E-state index contributed by atoms with van der Waals surface area (Å²) in [6.45, 7) is 5.17. The summed E-state index contributed by atoms with van der Waals surface area (Å²) in [6, 6.07) is 3.74. The van der Waals surface area contributed by atoms with Crippen molar-refractivity contribution in [2.75, 3.05) is 39.3 Å². The van der Waals surface area contributed by atoms with Crippen molar-refractivity contribution in [2.45, 2.75) is 38.3 Å². The van der Waals surface area contributed by atoms with E-state index in [9.17, 15) is 14.4 Å². The van der Waals surface area contributed by atoms with E-state index in [4.69, 9.17) is 0 Å². The van der Waals surface area contributed by atoms with Crippen LogP contribution in [0.5, 0.6) is 0 Å². The number of hydrogen-bond acceptors (Lipinski definition) is 6. The van der Waals surface area contributed by atoms with E-state index in [1.165, 1.54) is 0 Å². The van der Waals surface area contributed by atoms with Crippen LogP contribution >= 0.6 is 0 Å². The van der Waals surface area contributed by atoms with Gasteiger partial charge in [-0.1, -0.05) is 0 Å². The number of aromatic nitrogens is 1. The highest BCUT2D eigenvalue weighted by atomic mass is 16.2. The number of piperazine rings is 1. The molecule has 4 rings (SSSR count). The van der Waals surface area contributed by atoms with Gasteiger partial charge < -0.3 is 14.7 Å². The van der Waals surface area contributed by atoms with Crippen molar-refractivity contribution < 1.29 is 14.4 Å². The first-order valence-corrected chi connectivity index (χ1v) is 10.8. The molecule has 0 bridgehead atoms. The second-order valence-corrected chi connectivity index (χ2v) is 8.34. The fourth-order valence-electron chi connectivity index (χ4n) is 4.60. The van der Waals surface area contributed by atoms with Gasteiger partial charge in [-0.05, 0) is 37.0 Å². The zero-order chi connectivity index (χ0) is 21.1. The first kappa shape index (κ1) is 20.7. The van der Waals surface area contributed by atoms with Crippen LogP contribution in [0.25, 0.3) is 0 Å². The van der Waals surface area contributed by atoms with Crippen LogP contribution < -0.4 is 10.9 Å². The lowest BCUT2D eigenvalue weighted by molar-refractivity contribution is -0.144. The van der Waals surface area contributed by atoms with Gasteiger partial charge in [0.15, 0.2) is 0 Å². The Labute approximate surface area is 176 Å². The lowest BCUT2D eigenvalue weighted by Gasteiger charge is -2.39. The molecular formula is C21H30N6O3. The van der Waals surface area contributed by atoms with E-state index in [-0.39, 0.29) is 35.7 Å². The fraction of sp³-hybridized carbons (Fsp3) is 0.619. The summed E-state index contributed by atoms with van der Waals surface area (Å²) in [7, 11) is 0. The highest BCUT2D eigenvalue weighted by molar-refractivity contribution is 5.83. The van der Waals surface area contributed by atoms with E-state index >= 15 is 0 Å². The van der Waals surface area contributed by atoms with Crippen molar-refractivity contribution in [2.24, 2.45) is 5.92 Å². The maximum absolute atomic E-state index is 12.9. The number of carbonyl (C=O) groups excluding carboxylic acids is 3. The predicted molar refractivity (Wildman–Crippen MR) is 110 cm³/mol. The molecule has 2 N–H and O–H groups in total. The monoisotopic (exact) mass is 414 g/mol. The summed E-state index contributed by atoms with van der Waals surface area (Å²) in [5.41, 5.74) is 7.44. The van der Waals surface area contributed by atoms with Crippen LogP contribution in [0.15, 0.2) is 24.5 Å². The fourth-order valence-corrected chi connectivity index (χ4v) is 4.60. The Bertz CT molecular complexity index is 772. The van der Waals surface area contributed by atoms with Gasteiger partial charge in [0.25, 0.3) is 0 Å². The lowest BCUT2D eigenvalue weighted by atomic mass is 9.95. The largest absolute Gasteiger partial charge is 0.343 e. The van der Waals surface area contributed by atoms with Gasteiger partial charge in [-0.3, -0.25) is 19.4 Å². The average Bonchev–Trinajstić information content (AvgIpc) is 3.29. The Balaban J connectivity index is 1.24. The lowest BCUT2D eigenvalue weighted by Crippen LogP contribution is -2.56. The molecular weight excluding hydrogens is 384 g/mol. The molecule has 0 radical (unpaired) electrons. The number of likely N-dealkylation sites (tertiary alicyclic amines) is 1. The van der Waals surface area contributed by atoms with Gasteiger partial charge in [0.05, 0.1) is 0 Å². The Morgan fingerprint density at radius 2 is 1.47 bits per heavy atom. The number of carbonyl (C=O) groups is 3. The van der Waals surface area contributed by atoms with E-state index < -0.39 is 0 Å². The van der Waals surface area contributed by atoms with E-state index in [0.29, 0.717) is 45.7 Å². The van der Waals surface area contributed by atoms with Crippen LogP contribution in [-0.2, 0) is 14.4 Å². The van der Waals surface area contributed by atoms with Crippen molar-refractivity contribution in [1.82, 2.24) is 30.5 Å². The van der Waals surface area contributed by atoms with Gasteiger partial charge in [0.1, 0.15) is 6.04 Å². The maximum atomic E-state index is 12.9. The van der Waals surface area contributed by atoms with E-state index in [2.05, 4.69) is 15.8 Å². The predicted octanol–water partition coefficient (Wildman–Crippen LogP) is -0.0815. The molecule has 9 heteroatoms. The minimum Gasteiger partial charge on any atom is -0.343 e. The number of nitrogens with one attached hydrogen (secondary N) is 2. The summed E-state index contributed by atoms with van der Waals surface area (Å²) in [6.07, 6.45) is 5.66. The highest BCUT2D eigenvalue weighted by Gasteiger charge is 2.36. The summed E-state index contributed by atoms with van der Waals surface area (Å²) in [4.78, 5) is 46.8. The quantitative estimate of drug-likeness (QED) is 0.718. The SMILES string of the molecule is CC(=O)N1CCC(C(=O)N2CCN(C(=O)C3CC(c4ccncc4)NN3)CC2)CC1. The Morgan fingerprint density at radius 1 is 0.867 bits per heavy atom. The average molecular weight is 415 g/mol. The molecule has 3 aliphatic heterocycles. The molecule has 162 valence electrons. The number of nitrogens with zero attached hydrogens (tertiary/aromatic N) is 4. The van der Waals surface area contributed by atoms with Crippen molar-refractivity contribution >= 4 is 17.7 Å². The number of rotatable bonds is 3. The molecule has 9 nitrogen and oxygen atoms in total. The van der Waals surface area contributed by atoms with E-state index in [1.807, 2.05) is 26.8 Å². The van der Waals surface area contributed by atoms with Crippen LogP contribution in [0.3, 0.4) is 0 Å². The van der Waals surface area contributed by atoms with E-state index in [0.717, 1.165) is 18.4 Å². The van der Waals surface area contributed by atoms with Gasteiger partial charge in [-0.25, -0.2) is 10.9 Å². The molecule has 3 aliphatic rings. The number of hydrogen-bond donors (Lipinski definition) is 2. The molecule has 0 aliphatic carbocycles. The zero-order valence-electron chi connectivity index (χ0n) is 17.4. The number of pyridine rings is 1. The minimum absolute atomic E-state index is 0.00956. The topological polar surface area (TPSA) is 97.9 Å². The summed E-state index contributed by atoms with van der Waals surface area (Å²) in [5, 5.41) is 0. The molecule has 2 unspecified atom stereocenters. The maximum Gasteiger partial charge on any atom is 0.241 e. The smallest absolute Gasteiger partial charge is 0.241 e. The molecule has 0 spiro atoms. The first-order chi connectivity index (χ1) is 14.5. The Morgan fingerprint density at radius 3 is 2.07 bits per heavy atom. The Hall–Kier alpha value is -2.52. The number of piperidine rings is 1.